The third kappa shape index (κ3) is 3.42. The summed E-state index contributed by atoms with van der Waals surface area (Å²) in [6.07, 6.45) is -1.95. The Hall–Kier alpha value is -3.02. The summed E-state index contributed by atoms with van der Waals surface area (Å²) in [4.78, 5) is 22.4. The number of nitrogens with one attached hydrogen (secondary N) is 1. The molecular formula is C17H15NO5. The van der Waals surface area contributed by atoms with Crippen LogP contribution in [0.25, 0.3) is 0 Å². The fourth-order valence-electron chi connectivity index (χ4n) is 2.38. The van der Waals surface area contributed by atoms with Crippen molar-refractivity contribution in [1.82, 2.24) is 5.32 Å². The number of benzene rings is 2. The number of cyclic esters (lactones) is 1. The molecule has 1 aliphatic heterocycles. The number of hydrogen-bond acceptors (Lipinski definition) is 4. The van der Waals surface area contributed by atoms with E-state index in [0.29, 0.717) is 17.9 Å². The predicted octanol–water partition coefficient (Wildman–Crippen LogP) is 2.50. The van der Waals surface area contributed by atoms with Crippen LogP contribution in [0.3, 0.4) is 0 Å². The summed E-state index contributed by atoms with van der Waals surface area (Å²) in [6.45, 7) is 0.446. The molecule has 3 rings (SSSR count). The van der Waals surface area contributed by atoms with Crippen LogP contribution in [-0.4, -0.2) is 23.3 Å². The summed E-state index contributed by atoms with van der Waals surface area (Å²) < 4.78 is 10.4. The molecular weight excluding hydrogens is 298 g/mol. The van der Waals surface area contributed by atoms with E-state index in [1.165, 1.54) is 0 Å². The number of hydrogen-bond donors (Lipinski definition) is 2. The van der Waals surface area contributed by atoms with Gasteiger partial charge in [0.2, 0.25) is 6.10 Å². The summed E-state index contributed by atoms with van der Waals surface area (Å²) in [5, 5.41) is 11.6. The van der Waals surface area contributed by atoms with Crippen molar-refractivity contribution in [2.75, 3.05) is 0 Å². The zero-order valence-corrected chi connectivity index (χ0v) is 12.1. The number of carbonyl (C=O) groups is 2. The fraction of sp³-hybridized carbons (Fsp3) is 0.176. The lowest BCUT2D eigenvalue weighted by atomic mass is 10.0. The van der Waals surface area contributed by atoms with E-state index in [2.05, 4.69) is 5.32 Å². The fourth-order valence-corrected chi connectivity index (χ4v) is 2.38. The van der Waals surface area contributed by atoms with Crippen LogP contribution < -0.4 is 10.1 Å². The number of aliphatic carboxylic acids is 1. The van der Waals surface area contributed by atoms with Crippen LogP contribution in [0.5, 0.6) is 5.75 Å². The minimum atomic E-state index is -1.22. The Labute approximate surface area is 132 Å². The molecule has 1 fully saturated rings. The highest BCUT2D eigenvalue weighted by Crippen LogP contribution is 2.26. The van der Waals surface area contributed by atoms with Crippen molar-refractivity contribution >= 4 is 12.1 Å². The summed E-state index contributed by atoms with van der Waals surface area (Å²) in [6, 6.07) is 16.0. The zero-order chi connectivity index (χ0) is 16.2. The first-order valence-corrected chi connectivity index (χ1v) is 7.10. The lowest BCUT2D eigenvalue weighted by Gasteiger charge is -2.14. The molecule has 1 saturated heterocycles. The molecule has 0 spiro atoms. The van der Waals surface area contributed by atoms with Gasteiger partial charge in [-0.15, -0.1) is 0 Å². The van der Waals surface area contributed by atoms with Gasteiger partial charge in [-0.05, 0) is 23.3 Å². The molecule has 23 heavy (non-hydrogen) atoms. The number of alkyl carbamates (subject to hydrolysis) is 1. The second-order valence-electron chi connectivity index (χ2n) is 5.13. The van der Waals surface area contributed by atoms with E-state index in [9.17, 15) is 9.59 Å². The Balaban J connectivity index is 1.67. The summed E-state index contributed by atoms with van der Waals surface area (Å²) >= 11 is 0. The van der Waals surface area contributed by atoms with E-state index in [1.54, 1.807) is 24.3 Å². The van der Waals surface area contributed by atoms with Crippen LogP contribution in [0.15, 0.2) is 54.6 Å². The predicted molar refractivity (Wildman–Crippen MR) is 81.0 cm³/mol. The van der Waals surface area contributed by atoms with Crippen LogP contribution in [0, 0.1) is 0 Å². The normalized spacial score (nSPS) is 19.7. The second kappa shape index (κ2) is 6.39. The lowest BCUT2D eigenvalue weighted by Crippen LogP contribution is -2.28. The van der Waals surface area contributed by atoms with Crippen molar-refractivity contribution in [3.8, 4) is 5.75 Å². The Morgan fingerprint density at radius 1 is 1.13 bits per heavy atom. The van der Waals surface area contributed by atoms with Gasteiger partial charge in [0.1, 0.15) is 18.4 Å². The maximum Gasteiger partial charge on any atom is 0.408 e. The largest absolute Gasteiger partial charge is 0.489 e. The van der Waals surface area contributed by atoms with Gasteiger partial charge in [0.05, 0.1) is 0 Å². The van der Waals surface area contributed by atoms with Crippen molar-refractivity contribution in [3.63, 3.8) is 0 Å². The molecule has 0 bridgehead atoms. The Morgan fingerprint density at radius 2 is 1.83 bits per heavy atom. The van der Waals surface area contributed by atoms with E-state index in [0.717, 1.165) is 5.56 Å². The zero-order valence-electron chi connectivity index (χ0n) is 12.1. The molecule has 6 heteroatoms. The molecule has 6 nitrogen and oxygen atoms in total. The smallest absolute Gasteiger partial charge is 0.408 e. The first kappa shape index (κ1) is 14.9. The quantitative estimate of drug-likeness (QED) is 0.886. The first-order chi connectivity index (χ1) is 11.1. The molecule has 0 radical (unpaired) electrons. The van der Waals surface area contributed by atoms with Gasteiger partial charge in [-0.3, -0.25) is 0 Å². The lowest BCUT2D eigenvalue weighted by molar-refractivity contribution is -0.146. The molecule has 0 aliphatic carbocycles. The van der Waals surface area contributed by atoms with Crippen molar-refractivity contribution < 1.29 is 24.2 Å². The highest BCUT2D eigenvalue weighted by atomic mass is 16.6. The summed E-state index contributed by atoms with van der Waals surface area (Å²) in [7, 11) is 0. The van der Waals surface area contributed by atoms with Crippen molar-refractivity contribution in [3.05, 3.63) is 65.7 Å². The van der Waals surface area contributed by atoms with Crippen LogP contribution in [0.2, 0.25) is 0 Å². The van der Waals surface area contributed by atoms with E-state index in [4.69, 9.17) is 14.6 Å². The van der Waals surface area contributed by atoms with Gasteiger partial charge in [-0.25, -0.2) is 9.59 Å². The van der Waals surface area contributed by atoms with Gasteiger partial charge in [0.15, 0.2) is 0 Å². The Morgan fingerprint density at radius 3 is 2.48 bits per heavy atom. The van der Waals surface area contributed by atoms with Gasteiger partial charge in [-0.1, -0.05) is 42.5 Å². The van der Waals surface area contributed by atoms with Gasteiger partial charge < -0.3 is 19.9 Å². The minimum Gasteiger partial charge on any atom is -0.489 e. The number of carbonyl (C=O) groups excluding carboxylic acids is 1. The SMILES string of the molecule is O=C1N[C@H](c2ccc(OCc3ccccc3)cc2)C(C(=O)O)O1. The molecule has 1 heterocycles. The average molecular weight is 313 g/mol. The third-order valence-corrected chi connectivity index (χ3v) is 3.54. The molecule has 1 aliphatic rings. The van der Waals surface area contributed by atoms with Crippen LogP contribution >= 0.6 is 0 Å². The molecule has 1 amide bonds. The average Bonchev–Trinajstić information content (AvgIpc) is 2.97. The van der Waals surface area contributed by atoms with Crippen molar-refractivity contribution in [2.24, 2.45) is 0 Å². The monoisotopic (exact) mass is 313 g/mol. The Bertz CT molecular complexity index is 699. The molecule has 2 aromatic rings. The van der Waals surface area contributed by atoms with Gasteiger partial charge >= 0.3 is 12.1 Å². The summed E-state index contributed by atoms with van der Waals surface area (Å²) in [5.41, 5.74) is 1.70. The first-order valence-electron chi connectivity index (χ1n) is 7.10. The second-order valence-corrected chi connectivity index (χ2v) is 5.13. The van der Waals surface area contributed by atoms with Crippen LogP contribution in [0.1, 0.15) is 17.2 Å². The molecule has 118 valence electrons. The van der Waals surface area contributed by atoms with E-state index in [1.807, 2.05) is 30.3 Å². The highest BCUT2D eigenvalue weighted by Gasteiger charge is 2.40. The molecule has 2 atom stereocenters. The van der Waals surface area contributed by atoms with Gasteiger partial charge in [0.25, 0.3) is 0 Å². The standard InChI is InChI=1S/C17H15NO5/c19-16(20)15-14(18-17(21)23-15)12-6-8-13(9-7-12)22-10-11-4-2-1-3-5-11/h1-9,14-15H,10H2,(H,18,21)(H,19,20)/t14-,15?/m1/s1. The van der Waals surface area contributed by atoms with Gasteiger partial charge in [0, 0.05) is 0 Å². The number of amides is 1. The number of carboxylic acids is 1. The van der Waals surface area contributed by atoms with E-state index in [-0.39, 0.29) is 0 Å². The third-order valence-electron chi connectivity index (χ3n) is 3.54. The van der Waals surface area contributed by atoms with Crippen LogP contribution in [0.4, 0.5) is 4.79 Å². The molecule has 2 aromatic carbocycles. The molecule has 2 N–H and O–H groups in total. The van der Waals surface area contributed by atoms with Crippen molar-refractivity contribution in [2.45, 2.75) is 18.8 Å². The number of carboxylic acid groups (broad SMARTS) is 1. The maximum absolute atomic E-state index is 11.2. The van der Waals surface area contributed by atoms with E-state index < -0.39 is 24.2 Å². The maximum atomic E-state index is 11.2. The molecule has 1 unspecified atom stereocenters. The molecule has 0 aromatic heterocycles. The number of rotatable bonds is 5. The van der Waals surface area contributed by atoms with Crippen LogP contribution in [-0.2, 0) is 16.1 Å². The topological polar surface area (TPSA) is 84.9 Å². The number of ether oxygens (including phenoxy) is 2. The van der Waals surface area contributed by atoms with Crippen molar-refractivity contribution in [1.29, 1.82) is 0 Å². The van der Waals surface area contributed by atoms with Gasteiger partial charge in [-0.2, -0.15) is 0 Å². The molecule has 0 saturated carbocycles. The highest BCUT2D eigenvalue weighted by molar-refractivity contribution is 5.82. The van der Waals surface area contributed by atoms with E-state index >= 15 is 0 Å². The summed E-state index contributed by atoms with van der Waals surface area (Å²) in [5.74, 6) is -0.521. The minimum absolute atomic E-state index is 0.446. The Kier molecular flexibility index (Phi) is 4.14.